The Morgan fingerprint density at radius 2 is 2.10 bits per heavy atom. The summed E-state index contributed by atoms with van der Waals surface area (Å²) in [6, 6.07) is 0.486. The number of imidazole rings is 1. The van der Waals surface area contributed by atoms with Gasteiger partial charge in [-0.2, -0.15) is 4.31 Å². The average molecular weight is 311 g/mol. The normalized spacial score (nSPS) is 28.5. The van der Waals surface area contributed by atoms with Crippen LogP contribution in [-0.2, 0) is 10.0 Å². The van der Waals surface area contributed by atoms with E-state index < -0.39 is 10.0 Å². The molecule has 0 radical (unpaired) electrons. The van der Waals surface area contributed by atoms with E-state index in [0.717, 1.165) is 25.7 Å². The lowest BCUT2D eigenvalue weighted by Crippen LogP contribution is -2.39. The van der Waals surface area contributed by atoms with Gasteiger partial charge in [-0.05, 0) is 38.5 Å². The predicted molar refractivity (Wildman–Crippen MR) is 81.5 cm³/mol. The Hall–Kier alpha value is -0.880. The monoisotopic (exact) mass is 311 g/mol. The second-order valence-electron chi connectivity index (χ2n) is 6.43. The van der Waals surface area contributed by atoms with Crippen molar-refractivity contribution < 1.29 is 8.42 Å². The van der Waals surface area contributed by atoms with Gasteiger partial charge < -0.3 is 4.57 Å². The van der Waals surface area contributed by atoms with Crippen LogP contribution in [0.2, 0.25) is 0 Å². The second-order valence-corrected chi connectivity index (χ2v) is 8.27. The van der Waals surface area contributed by atoms with Crippen molar-refractivity contribution in [2.75, 3.05) is 6.54 Å². The van der Waals surface area contributed by atoms with Crippen LogP contribution < -0.4 is 0 Å². The highest BCUT2D eigenvalue weighted by Gasteiger charge is 2.43. The summed E-state index contributed by atoms with van der Waals surface area (Å²) in [5, 5.41) is 0.217. The molecule has 0 N–H and O–H groups in total. The molecule has 0 aromatic carbocycles. The minimum Gasteiger partial charge on any atom is -0.333 e. The van der Waals surface area contributed by atoms with Crippen LogP contribution in [0.1, 0.15) is 58.4 Å². The number of nitrogens with zero attached hydrogens (tertiary/aromatic N) is 3. The molecule has 21 heavy (non-hydrogen) atoms. The van der Waals surface area contributed by atoms with Gasteiger partial charge in [0.25, 0.3) is 10.0 Å². The van der Waals surface area contributed by atoms with Crippen molar-refractivity contribution in [1.82, 2.24) is 13.9 Å². The molecule has 1 saturated heterocycles. The number of aromatic nitrogens is 2. The Balaban J connectivity index is 1.85. The summed E-state index contributed by atoms with van der Waals surface area (Å²) in [4.78, 5) is 4.17. The molecule has 2 heterocycles. The zero-order chi connectivity index (χ0) is 15.0. The molecule has 0 amide bonds. The van der Waals surface area contributed by atoms with E-state index in [1.54, 1.807) is 16.8 Å². The van der Waals surface area contributed by atoms with Crippen LogP contribution >= 0.6 is 0 Å². The summed E-state index contributed by atoms with van der Waals surface area (Å²) < 4.78 is 29.4. The van der Waals surface area contributed by atoms with E-state index >= 15 is 0 Å². The first kappa shape index (κ1) is 15.0. The number of sulfonamides is 1. The molecule has 1 aliphatic heterocycles. The summed E-state index contributed by atoms with van der Waals surface area (Å²) in [6.45, 7) is 4.82. The molecule has 0 bridgehead atoms. The van der Waals surface area contributed by atoms with Crippen molar-refractivity contribution in [3.8, 4) is 0 Å². The lowest BCUT2D eigenvalue weighted by atomic mass is 9.86. The first-order valence-electron chi connectivity index (χ1n) is 8.09. The lowest BCUT2D eigenvalue weighted by molar-refractivity contribution is 0.260. The van der Waals surface area contributed by atoms with Gasteiger partial charge in [0, 0.05) is 24.8 Å². The van der Waals surface area contributed by atoms with Gasteiger partial charge in [-0.25, -0.2) is 13.4 Å². The summed E-state index contributed by atoms with van der Waals surface area (Å²) in [7, 11) is -3.43. The van der Waals surface area contributed by atoms with Crippen LogP contribution in [0.25, 0.3) is 0 Å². The molecule has 1 aliphatic carbocycles. The predicted octanol–water partition coefficient (Wildman–Crippen LogP) is 2.81. The molecule has 0 spiro atoms. The van der Waals surface area contributed by atoms with Gasteiger partial charge in [0.15, 0.2) is 5.03 Å². The van der Waals surface area contributed by atoms with E-state index in [9.17, 15) is 8.42 Å². The fourth-order valence-electron chi connectivity index (χ4n) is 3.68. The van der Waals surface area contributed by atoms with Crippen molar-refractivity contribution in [1.29, 1.82) is 0 Å². The van der Waals surface area contributed by atoms with E-state index in [2.05, 4.69) is 18.8 Å². The SMILES string of the molecule is CCC(C)n1cnc(S(=O)(=O)N2CCC3CCCCC32)c1. The Kier molecular flexibility index (Phi) is 4.10. The van der Waals surface area contributed by atoms with Gasteiger partial charge >= 0.3 is 0 Å². The molecule has 118 valence electrons. The van der Waals surface area contributed by atoms with Gasteiger partial charge in [-0.3, -0.25) is 0 Å². The van der Waals surface area contributed by atoms with Crippen LogP contribution in [0.4, 0.5) is 0 Å². The van der Waals surface area contributed by atoms with Crippen molar-refractivity contribution in [3.05, 3.63) is 12.5 Å². The molecule has 6 heteroatoms. The zero-order valence-corrected chi connectivity index (χ0v) is 13.7. The van der Waals surface area contributed by atoms with E-state index in [-0.39, 0.29) is 17.1 Å². The fourth-order valence-corrected chi connectivity index (χ4v) is 5.34. The van der Waals surface area contributed by atoms with Crippen LogP contribution in [-0.4, -0.2) is 34.9 Å². The summed E-state index contributed by atoms with van der Waals surface area (Å²) in [5.41, 5.74) is 0. The van der Waals surface area contributed by atoms with Gasteiger partial charge in [0.1, 0.15) is 0 Å². The number of rotatable bonds is 4. The maximum Gasteiger partial charge on any atom is 0.262 e. The third-order valence-electron chi connectivity index (χ3n) is 5.21. The van der Waals surface area contributed by atoms with Crippen LogP contribution in [0.3, 0.4) is 0 Å². The molecular formula is C15H25N3O2S. The minimum atomic E-state index is -3.43. The fraction of sp³-hybridized carbons (Fsp3) is 0.800. The number of hydrogen-bond donors (Lipinski definition) is 0. The Labute approximate surface area is 127 Å². The molecule has 5 nitrogen and oxygen atoms in total. The second kappa shape index (κ2) is 5.72. The molecule has 3 unspecified atom stereocenters. The Bertz CT molecular complexity index is 596. The molecule has 1 saturated carbocycles. The molecule has 2 fully saturated rings. The third kappa shape index (κ3) is 2.63. The van der Waals surface area contributed by atoms with Gasteiger partial charge in [-0.15, -0.1) is 0 Å². The highest BCUT2D eigenvalue weighted by molar-refractivity contribution is 7.89. The first-order valence-corrected chi connectivity index (χ1v) is 9.53. The van der Waals surface area contributed by atoms with Gasteiger partial charge in [-0.1, -0.05) is 19.8 Å². The maximum absolute atomic E-state index is 12.9. The molecular weight excluding hydrogens is 286 g/mol. The molecule has 2 aliphatic rings. The van der Waals surface area contributed by atoms with Crippen molar-refractivity contribution >= 4 is 10.0 Å². The molecule has 3 rings (SSSR count). The average Bonchev–Trinajstić information content (AvgIpc) is 3.13. The Morgan fingerprint density at radius 1 is 1.33 bits per heavy atom. The van der Waals surface area contributed by atoms with Gasteiger partial charge in [0.2, 0.25) is 0 Å². The van der Waals surface area contributed by atoms with Crippen LogP contribution in [0.5, 0.6) is 0 Å². The number of fused-ring (bicyclic) bond motifs is 1. The van der Waals surface area contributed by atoms with Gasteiger partial charge in [0.05, 0.1) is 6.33 Å². The van der Waals surface area contributed by atoms with Crippen molar-refractivity contribution in [2.24, 2.45) is 5.92 Å². The summed E-state index contributed by atoms with van der Waals surface area (Å²) in [6.07, 6.45) is 9.90. The smallest absolute Gasteiger partial charge is 0.262 e. The lowest BCUT2D eigenvalue weighted by Gasteiger charge is -2.30. The quantitative estimate of drug-likeness (QED) is 0.859. The largest absolute Gasteiger partial charge is 0.333 e. The third-order valence-corrected chi connectivity index (χ3v) is 7.02. The molecule has 3 atom stereocenters. The van der Waals surface area contributed by atoms with E-state index in [1.807, 2.05) is 4.57 Å². The maximum atomic E-state index is 12.9. The van der Waals surface area contributed by atoms with E-state index in [4.69, 9.17) is 0 Å². The van der Waals surface area contributed by atoms with Crippen LogP contribution in [0.15, 0.2) is 17.6 Å². The molecule has 1 aromatic rings. The number of hydrogen-bond acceptors (Lipinski definition) is 3. The first-order chi connectivity index (χ1) is 10.0. The highest BCUT2D eigenvalue weighted by Crippen LogP contribution is 2.38. The Morgan fingerprint density at radius 3 is 2.86 bits per heavy atom. The summed E-state index contributed by atoms with van der Waals surface area (Å²) in [5.74, 6) is 0.560. The summed E-state index contributed by atoms with van der Waals surface area (Å²) >= 11 is 0. The van der Waals surface area contributed by atoms with Crippen molar-refractivity contribution in [3.63, 3.8) is 0 Å². The standard InChI is InChI=1S/C15H25N3O2S/c1-3-12(2)17-10-15(16-11-17)21(19,20)18-9-8-13-6-4-5-7-14(13)18/h10-14H,3-9H2,1-2H3. The van der Waals surface area contributed by atoms with E-state index in [1.165, 1.54) is 12.8 Å². The molecule has 1 aromatic heterocycles. The van der Waals surface area contributed by atoms with Crippen molar-refractivity contribution in [2.45, 2.75) is 69.5 Å². The topological polar surface area (TPSA) is 55.2 Å². The zero-order valence-electron chi connectivity index (χ0n) is 12.9. The highest BCUT2D eigenvalue weighted by atomic mass is 32.2. The van der Waals surface area contributed by atoms with Crippen LogP contribution in [0, 0.1) is 5.92 Å². The minimum absolute atomic E-state index is 0.206. The van der Waals surface area contributed by atoms with E-state index in [0.29, 0.717) is 12.5 Å².